The number of alkyl halides is 3. The minimum atomic E-state index is -6.14. The Morgan fingerprint density at radius 3 is 1.78 bits per heavy atom. The summed E-state index contributed by atoms with van der Waals surface area (Å²) in [6.45, 7) is -3.46. The minimum absolute atomic E-state index is 1.88. The van der Waals surface area contributed by atoms with Gasteiger partial charge >= 0.3 is 20.1 Å². The number of rotatable bonds is 5. The molecule has 0 amide bonds. The molecule has 0 aromatic rings. The van der Waals surface area contributed by atoms with Crippen LogP contribution in [0.25, 0.3) is 0 Å². The monoisotopic (exact) mass is 350 g/mol. The largest absolute Gasteiger partial charge is 0.444 e. The molecule has 1 unspecified atom stereocenters. The van der Waals surface area contributed by atoms with Crippen molar-refractivity contribution in [3.63, 3.8) is 0 Å². The summed E-state index contributed by atoms with van der Waals surface area (Å²) in [6, 6.07) is 0. The van der Waals surface area contributed by atoms with E-state index in [2.05, 4.69) is 6.58 Å². The first-order valence-corrected chi connectivity index (χ1v) is 9.39. The summed E-state index contributed by atoms with van der Waals surface area (Å²) >= 11 is 4.83. The molecule has 0 aliphatic rings. The molecule has 0 saturated carbocycles. The molecule has 4 N–H and O–H groups in total. The Bertz CT molecular complexity index is 545. The lowest BCUT2D eigenvalue weighted by Crippen LogP contribution is -2.32. The lowest BCUT2D eigenvalue weighted by molar-refractivity contribution is 0.0645. The first-order chi connectivity index (χ1) is 7.57. The van der Waals surface area contributed by atoms with Crippen LogP contribution in [0.1, 0.15) is 0 Å². The van der Waals surface area contributed by atoms with E-state index < -0.39 is 39.8 Å². The van der Waals surface area contributed by atoms with Crippen molar-refractivity contribution in [2.75, 3.05) is 0 Å². The van der Waals surface area contributed by atoms with E-state index in [9.17, 15) is 26.3 Å². The molecule has 14 heteroatoms. The fraction of sp³-hybridized carbons (Fsp3) is 0.500. The van der Waals surface area contributed by atoms with Crippen LogP contribution in [0.2, 0.25) is 0 Å². The van der Waals surface area contributed by atoms with Crippen LogP contribution in [0.15, 0.2) is 11.5 Å². The average Bonchev–Trinajstić information content (AvgIpc) is 2.11. The van der Waals surface area contributed by atoms with Crippen LogP contribution in [-0.2, 0) is 18.6 Å². The molecule has 8 nitrogen and oxygen atoms in total. The maximum atomic E-state index is 13.0. The van der Waals surface area contributed by atoms with E-state index in [-0.39, 0.29) is 0 Å². The zero-order chi connectivity index (χ0) is 15.2. The third-order valence-corrected chi connectivity index (χ3v) is 7.58. The zero-order valence-corrected chi connectivity index (χ0v) is 11.5. The van der Waals surface area contributed by atoms with Gasteiger partial charge in [-0.05, 0) is 0 Å². The normalized spacial score (nSPS) is 16.4. The van der Waals surface area contributed by atoms with E-state index in [4.69, 9.17) is 31.2 Å². The minimum Gasteiger partial charge on any atom is -0.320 e. The lowest BCUT2D eigenvalue weighted by atomic mass is 10.4. The maximum absolute atomic E-state index is 13.0. The molecule has 1 atom stereocenters. The van der Waals surface area contributed by atoms with E-state index in [0.29, 0.717) is 0 Å². The molecule has 0 aromatic carbocycles. The van der Waals surface area contributed by atoms with Gasteiger partial charge in [0.05, 0.1) is 4.91 Å². The highest BCUT2D eigenvalue weighted by atomic mass is 35.5. The summed E-state index contributed by atoms with van der Waals surface area (Å²) in [7, 11) is -11.7. The molecule has 0 radical (unpaired) electrons. The Kier molecular flexibility index (Phi) is 4.95. The van der Waals surface area contributed by atoms with Crippen LogP contribution in [0.4, 0.5) is 8.78 Å². The van der Waals surface area contributed by atoms with Gasteiger partial charge in [-0.1, -0.05) is 6.58 Å². The van der Waals surface area contributed by atoms with Crippen molar-refractivity contribution in [1.29, 1.82) is 0 Å². The topological polar surface area (TPSA) is 149 Å². The van der Waals surface area contributed by atoms with Gasteiger partial charge in [0.15, 0.2) is 0 Å². The third-order valence-electron chi connectivity index (χ3n) is 1.62. The van der Waals surface area contributed by atoms with Crippen molar-refractivity contribution in [2.24, 2.45) is 0 Å². The highest BCUT2D eigenvalue weighted by Gasteiger charge is 2.59. The first-order valence-electron chi connectivity index (χ1n) is 3.64. The predicted molar refractivity (Wildman–Crippen MR) is 56.7 cm³/mol. The maximum Gasteiger partial charge on any atom is 0.444 e. The van der Waals surface area contributed by atoms with Gasteiger partial charge in [0.1, 0.15) is 5.38 Å². The van der Waals surface area contributed by atoms with Crippen LogP contribution in [0.5, 0.6) is 0 Å². The molecule has 0 aliphatic carbocycles. The molecule has 18 heavy (non-hydrogen) atoms. The number of hydrogen-bond acceptors (Lipinski definition) is 4. The summed E-state index contributed by atoms with van der Waals surface area (Å²) < 4.78 is 69.0. The zero-order valence-electron chi connectivity index (χ0n) is 8.14. The van der Waals surface area contributed by atoms with Crippen molar-refractivity contribution in [3.05, 3.63) is 11.5 Å². The van der Waals surface area contributed by atoms with Gasteiger partial charge in [-0.3, -0.25) is 4.57 Å². The van der Waals surface area contributed by atoms with E-state index in [1.54, 1.807) is 0 Å². The fourth-order valence-electron chi connectivity index (χ4n) is 0.625. The first kappa shape index (κ1) is 18.1. The van der Waals surface area contributed by atoms with Crippen molar-refractivity contribution < 1.29 is 45.9 Å². The van der Waals surface area contributed by atoms with E-state index in [1.165, 1.54) is 0 Å². The van der Waals surface area contributed by atoms with E-state index >= 15 is 0 Å². The summed E-state index contributed by atoms with van der Waals surface area (Å²) in [5.74, 6) is 0. The quantitative estimate of drug-likeness (QED) is 0.411. The van der Waals surface area contributed by atoms with Crippen LogP contribution in [0.3, 0.4) is 0 Å². The van der Waals surface area contributed by atoms with Gasteiger partial charge in [0, 0.05) is 0 Å². The van der Waals surface area contributed by atoms with Crippen molar-refractivity contribution in [3.8, 4) is 0 Å². The highest BCUT2D eigenvalue weighted by Crippen LogP contribution is 2.59. The molecule has 108 valence electrons. The number of allylic oxidation sites excluding steroid dienone is 1. The van der Waals surface area contributed by atoms with Gasteiger partial charge in [-0.15, -0.1) is 11.6 Å². The van der Waals surface area contributed by atoms with Crippen LogP contribution in [-0.4, -0.2) is 39.0 Å². The molecule has 0 rings (SSSR count). The molecule has 0 fully saturated rings. The number of halogens is 3. The van der Waals surface area contributed by atoms with Gasteiger partial charge in [-0.25, -0.2) is 13.0 Å². The molecular weight excluding hydrogens is 344 g/mol. The second kappa shape index (κ2) is 4.92. The predicted octanol–water partition coefficient (Wildman–Crippen LogP) is 0.386. The Morgan fingerprint density at radius 2 is 1.56 bits per heavy atom. The second-order valence-electron chi connectivity index (χ2n) is 2.93. The van der Waals surface area contributed by atoms with Crippen molar-refractivity contribution >= 4 is 35.5 Å². The Balaban J connectivity index is 5.69. The third kappa shape index (κ3) is 3.17. The van der Waals surface area contributed by atoms with Gasteiger partial charge in [-0.2, -0.15) is 8.78 Å². The number of hydrogen-bond donors (Lipinski definition) is 4. The molecule has 0 saturated heterocycles. The standard InChI is InChI=1S/C4H7ClF2O8P2S/c1-2(18(14,15)17(11,12)13)3(5)4(6,7)16(8,9)10/h3H,1H2,(H2,8,9,10)(H2,11,12,13). The molecule has 0 aliphatic heterocycles. The molecule has 0 spiro atoms. The van der Waals surface area contributed by atoms with Crippen molar-refractivity contribution in [2.45, 2.75) is 11.0 Å². The van der Waals surface area contributed by atoms with Crippen LogP contribution < -0.4 is 0 Å². The molecule has 0 bridgehead atoms. The summed E-state index contributed by atoms with van der Waals surface area (Å²) in [6.07, 6.45) is 0. The van der Waals surface area contributed by atoms with Crippen molar-refractivity contribution in [1.82, 2.24) is 0 Å². The van der Waals surface area contributed by atoms with E-state index in [0.717, 1.165) is 0 Å². The van der Waals surface area contributed by atoms with Crippen LogP contribution >= 0.6 is 26.0 Å². The van der Waals surface area contributed by atoms with Gasteiger partial charge < -0.3 is 19.6 Å². The highest BCUT2D eigenvalue weighted by molar-refractivity contribution is 8.50. The SMILES string of the molecule is C=C(C(Cl)C(F)(F)P(=O)(O)O)S(=O)(=O)P(=O)(O)O. The van der Waals surface area contributed by atoms with E-state index in [1.807, 2.05) is 0 Å². The molecular formula is C4H7ClF2O8P2S. The summed E-state index contributed by atoms with van der Waals surface area (Å²) in [4.78, 5) is 31.5. The second-order valence-corrected chi connectivity index (χ2v) is 10.4. The Labute approximate surface area is 104 Å². The Morgan fingerprint density at radius 1 is 1.22 bits per heavy atom. The molecule has 0 aromatic heterocycles. The summed E-state index contributed by atoms with van der Waals surface area (Å²) in [5.41, 5.74) is -5.05. The fourth-order valence-corrected chi connectivity index (χ4v) is 4.03. The smallest absolute Gasteiger partial charge is 0.320 e. The van der Waals surface area contributed by atoms with Crippen LogP contribution in [0, 0.1) is 0 Å². The lowest BCUT2D eigenvalue weighted by Gasteiger charge is -2.23. The Hall–Kier alpha value is 0.140. The summed E-state index contributed by atoms with van der Waals surface area (Å²) in [5, 5.41) is -3.20. The van der Waals surface area contributed by atoms with Gasteiger partial charge in [0.2, 0.25) is 0 Å². The van der Waals surface area contributed by atoms with Gasteiger partial charge in [0.25, 0.3) is 9.46 Å². The average molecular weight is 351 g/mol. The molecule has 0 heterocycles.